The molecule has 1 heterocycles. The molecular weight excluding hydrogens is 354 g/mol. The quantitative estimate of drug-likeness (QED) is 0.702. The zero-order valence-electron chi connectivity index (χ0n) is 14.1. The number of nitrogens with one attached hydrogen (secondary N) is 1. The Balaban J connectivity index is 2.19. The van der Waals surface area contributed by atoms with Crippen LogP contribution >= 0.6 is 0 Å². The monoisotopic (exact) mass is 373 g/mol. The second-order valence-electron chi connectivity index (χ2n) is 5.40. The van der Waals surface area contributed by atoms with E-state index in [1.165, 1.54) is 40.7 Å². The van der Waals surface area contributed by atoms with E-state index in [-0.39, 0.29) is 29.4 Å². The van der Waals surface area contributed by atoms with Gasteiger partial charge < -0.3 is 4.74 Å². The molecule has 1 N–H and O–H groups in total. The minimum Gasteiger partial charge on any atom is -0.478 e. The smallest absolute Gasteiger partial charge is 0.257 e. The van der Waals surface area contributed by atoms with Gasteiger partial charge in [0.2, 0.25) is 15.9 Å². The molecule has 0 atom stereocenters. The number of carbonyl (C=O) groups is 1. The second kappa shape index (κ2) is 8.47. The van der Waals surface area contributed by atoms with Gasteiger partial charge in [0.15, 0.2) is 0 Å². The minimum absolute atomic E-state index is 0.0618. The van der Waals surface area contributed by atoms with Crippen molar-refractivity contribution in [2.24, 2.45) is 0 Å². The third-order valence-corrected chi connectivity index (χ3v) is 5.50. The molecule has 0 saturated carbocycles. The van der Waals surface area contributed by atoms with Crippen LogP contribution in [0.15, 0.2) is 65.9 Å². The second-order valence-corrected chi connectivity index (χ2v) is 7.33. The molecule has 0 spiro atoms. The predicted octanol–water partition coefficient (Wildman–Crippen LogP) is 1.93. The van der Waals surface area contributed by atoms with Crippen molar-refractivity contribution >= 4 is 15.9 Å². The largest absolute Gasteiger partial charge is 0.478 e. The summed E-state index contributed by atoms with van der Waals surface area (Å²) in [5, 5.41) is 11.5. The maximum absolute atomic E-state index is 12.6. The molecular formula is C18H19N3O4S. The van der Waals surface area contributed by atoms with E-state index in [1.807, 2.05) is 6.07 Å². The molecule has 0 saturated heterocycles. The van der Waals surface area contributed by atoms with E-state index in [1.54, 1.807) is 0 Å². The fourth-order valence-electron chi connectivity index (χ4n) is 2.34. The Labute approximate surface area is 152 Å². The van der Waals surface area contributed by atoms with Crippen LogP contribution in [0.2, 0.25) is 0 Å². The van der Waals surface area contributed by atoms with Gasteiger partial charge in [-0.05, 0) is 24.3 Å². The van der Waals surface area contributed by atoms with Crippen molar-refractivity contribution in [1.82, 2.24) is 9.62 Å². The van der Waals surface area contributed by atoms with E-state index in [4.69, 9.17) is 10.00 Å². The Morgan fingerprint density at radius 1 is 1.27 bits per heavy atom. The zero-order chi connectivity index (χ0) is 19.2. The molecule has 1 aromatic rings. The van der Waals surface area contributed by atoms with Crippen molar-refractivity contribution < 1.29 is 17.9 Å². The summed E-state index contributed by atoms with van der Waals surface area (Å²) in [7, 11) is -3.72. The Hall–Kier alpha value is -2.89. The number of benzene rings is 1. The number of nitriles is 1. The molecule has 8 heteroatoms. The molecule has 0 aliphatic carbocycles. The van der Waals surface area contributed by atoms with Crippen LogP contribution in [0.25, 0.3) is 0 Å². The summed E-state index contributed by atoms with van der Waals surface area (Å²) in [6, 6.07) is 7.51. The molecule has 0 aromatic heterocycles. The normalized spacial score (nSPS) is 13.8. The van der Waals surface area contributed by atoms with Crippen molar-refractivity contribution in [3.8, 4) is 6.07 Å². The summed E-state index contributed by atoms with van der Waals surface area (Å²) >= 11 is 0. The fourth-order valence-corrected chi connectivity index (χ4v) is 3.72. The minimum atomic E-state index is -3.72. The summed E-state index contributed by atoms with van der Waals surface area (Å²) in [6.07, 6.45) is 3.43. The number of hydrogen-bond donors (Lipinski definition) is 1. The molecule has 0 unspecified atom stereocenters. The lowest BCUT2D eigenvalue weighted by Gasteiger charge is -2.19. The van der Waals surface area contributed by atoms with Crippen molar-refractivity contribution in [2.45, 2.75) is 11.3 Å². The van der Waals surface area contributed by atoms with Crippen LogP contribution < -0.4 is 5.32 Å². The van der Waals surface area contributed by atoms with Gasteiger partial charge in [0, 0.05) is 25.1 Å². The van der Waals surface area contributed by atoms with Gasteiger partial charge in [-0.25, -0.2) is 8.42 Å². The Kier molecular flexibility index (Phi) is 6.33. The summed E-state index contributed by atoms with van der Waals surface area (Å²) in [4.78, 5) is 12.3. The van der Waals surface area contributed by atoms with Crippen molar-refractivity contribution in [3.05, 3.63) is 66.6 Å². The number of hydrogen-bond acceptors (Lipinski definition) is 5. The lowest BCUT2D eigenvalue weighted by molar-refractivity contribution is 0.0930. The highest BCUT2D eigenvalue weighted by atomic mass is 32.2. The van der Waals surface area contributed by atoms with E-state index in [0.717, 1.165) is 0 Å². The molecule has 0 bridgehead atoms. The van der Waals surface area contributed by atoms with Crippen LogP contribution in [-0.4, -0.2) is 38.3 Å². The number of ether oxygens (including phenoxy) is 1. The maximum atomic E-state index is 12.6. The van der Waals surface area contributed by atoms with Crippen LogP contribution in [0.3, 0.4) is 0 Å². The van der Waals surface area contributed by atoms with Gasteiger partial charge in [0.1, 0.15) is 6.07 Å². The van der Waals surface area contributed by atoms with Crippen LogP contribution in [0.1, 0.15) is 16.8 Å². The van der Waals surface area contributed by atoms with Crippen LogP contribution in [-0.2, 0) is 14.8 Å². The highest BCUT2D eigenvalue weighted by molar-refractivity contribution is 7.89. The van der Waals surface area contributed by atoms with Crippen LogP contribution in [0.5, 0.6) is 0 Å². The average Bonchev–Trinajstić information content (AvgIpc) is 3.08. The molecule has 0 fully saturated rings. The summed E-state index contributed by atoms with van der Waals surface area (Å²) in [5.41, 5.74) is 0.630. The molecule has 26 heavy (non-hydrogen) atoms. The molecule has 7 nitrogen and oxygen atoms in total. The van der Waals surface area contributed by atoms with Gasteiger partial charge in [-0.1, -0.05) is 12.2 Å². The van der Waals surface area contributed by atoms with Gasteiger partial charge >= 0.3 is 0 Å². The summed E-state index contributed by atoms with van der Waals surface area (Å²) < 4.78 is 31.7. The molecule has 1 amide bonds. The number of rotatable bonds is 8. The van der Waals surface area contributed by atoms with Gasteiger partial charge in [-0.15, -0.1) is 13.2 Å². The van der Waals surface area contributed by atoms with E-state index in [0.29, 0.717) is 18.6 Å². The van der Waals surface area contributed by atoms with Gasteiger partial charge in [-0.3, -0.25) is 10.1 Å². The lowest BCUT2D eigenvalue weighted by Crippen LogP contribution is -2.31. The molecule has 1 aliphatic heterocycles. The Morgan fingerprint density at radius 3 is 2.42 bits per heavy atom. The number of nitrogens with zero attached hydrogens (tertiary/aromatic N) is 2. The Bertz CT molecular complexity index is 870. The van der Waals surface area contributed by atoms with E-state index in [9.17, 15) is 13.2 Å². The highest BCUT2D eigenvalue weighted by Gasteiger charge is 2.23. The standard InChI is InChI=1S/C18H19N3O4S/c1-3-10-21(11-4-2)26(23,24)16-7-5-14(6-8-16)17(22)20-18-15(13-19)9-12-25-18/h3-8H,1-2,9-12H2,(H,20,22). The van der Waals surface area contributed by atoms with Crippen molar-refractivity contribution in [3.63, 3.8) is 0 Å². The first-order valence-electron chi connectivity index (χ1n) is 7.83. The van der Waals surface area contributed by atoms with E-state index < -0.39 is 15.9 Å². The van der Waals surface area contributed by atoms with E-state index in [2.05, 4.69) is 18.5 Å². The van der Waals surface area contributed by atoms with Crippen molar-refractivity contribution in [2.75, 3.05) is 19.7 Å². The van der Waals surface area contributed by atoms with Gasteiger partial charge in [0.05, 0.1) is 17.1 Å². The fraction of sp³-hybridized carbons (Fsp3) is 0.222. The lowest BCUT2D eigenvalue weighted by atomic mass is 10.2. The highest BCUT2D eigenvalue weighted by Crippen LogP contribution is 2.19. The molecule has 2 rings (SSSR count). The maximum Gasteiger partial charge on any atom is 0.257 e. The molecule has 0 radical (unpaired) electrons. The van der Waals surface area contributed by atoms with E-state index >= 15 is 0 Å². The summed E-state index contributed by atoms with van der Waals surface area (Å²) in [5.74, 6) is -0.329. The number of carbonyl (C=O) groups excluding carboxylic acids is 1. The number of sulfonamides is 1. The van der Waals surface area contributed by atoms with Gasteiger partial charge in [0.25, 0.3) is 5.91 Å². The third kappa shape index (κ3) is 4.20. The molecule has 1 aliphatic rings. The SMILES string of the molecule is C=CCN(CC=C)S(=O)(=O)c1ccc(C(=O)NC2=C(C#N)CCO2)cc1. The Morgan fingerprint density at radius 2 is 1.88 bits per heavy atom. The van der Waals surface area contributed by atoms with Crippen molar-refractivity contribution in [1.29, 1.82) is 5.26 Å². The average molecular weight is 373 g/mol. The first-order valence-corrected chi connectivity index (χ1v) is 9.27. The molecule has 1 aromatic carbocycles. The molecule has 136 valence electrons. The van der Waals surface area contributed by atoms with Crippen LogP contribution in [0, 0.1) is 11.3 Å². The third-order valence-electron chi connectivity index (χ3n) is 3.65. The number of amides is 1. The first kappa shape index (κ1) is 19.4. The zero-order valence-corrected chi connectivity index (χ0v) is 15.0. The van der Waals surface area contributed by atoms with Crippen LogP contribution in [0.4, 0.5) is 0 Å². The predicted molar refractivity (Wildman–Crippen MR) is 96.3 cm³/mol. The first-order chi connectivity index (χ1) is 12.4. The summed E-state index contributed by atoms with van der Waals surface area (Å²) in [6.45, 7) is 7.76. The van der Waals surface area contributed by atoms with Gasteiger partial charge in [-0.2, -0.15) is 9.57 Å². The topological polar surface area (TPSA) is 99.5 Å².